The number of benzene rings is 2. The van der Waals surface area contributed by atoms with Crippen molar-refractivity contribution in [2.75, 3.05) is 25.2 Å². The normalized spacial score (nSPS) is 11.0. The smallest absolute Gasteiger partial charge is 0.355 e. The summed E-state index contributed by atoms with van der Waals surface area (Å²) in [5.41, 5.74) is 1.64. The number of hydrogen-bond donors (Lipinski definition) is 2. The minimum atomic E-state index is -4.29. The molecule has 0 bridgehead atoms. The van der Waals surface area contributed by atoms with E-state index in [0.29, 0.717) is 27.9 Å². The Balaban J connectivity index is 2.00. The number of urea groups is 1. The third-order valence-corrected chi connectivity index (χ3v) is 4.87. The monoisotopic (exact) mass is 411 g/mol. The summed E-state index contributed by atoms with van der Waals surface area (Å²) >= 11 is 0.622. The molecular formula is C19H20F3N3O2S. The Hall–Kier alpha value is -2.68. The van der Waals surface area contributed by atoms with Crippen LogP contribution in [-0.2, 0) is 6.54 Å². The first-order valence-corrected chi connectivity index (χ1v) is 9.30. The first kappa shape index (κ1) is 21.6. The number of carbonyl (C=O) groups excluding carboxylic acids is 2. The number of halogens is 3. The van der Waals surface area contributed by atoms with Crippen LogP contribution in [0.4, 0.5) is 23.7 Å². The maximum absolute atomic E-state index is 12.5. The summed E-state index contributed by atoms with van der Waals surface area (Å²) in [6.07, 6.45) is -4.29. The van der Waals surface area contributed by atoms with Crippen LogP contribution in [-0.4, -0.2) is 42.9 Å². The summed E-state index contributed by atoms with van der Waals surface area (Å²) in [5, 5.41) is 5.17. The van der Waals surface area contributed by atoms with E-state index in [9.17, 15) is 22.8 Å². The van der Waals surface area contributed by atoms with E-state index in [4.69, 9.17) is 0 Å². The second-order valence-corrected chi connectivity index (χ2v) is 6.98. The van der Waals surface area contributed by atoms with Gasteiger partial charge in [-0.1, -0.05) is 24.3 Å². The molecule has 0 heterocycles. The number of hydrogen-bond acceptors (Lipinski definition) is 3. The molecule has 2 aromatic rings. The van der Waals surface area contributed by atoms with Crippen LogP contribution in [0.1, 0.15) is 15.9 Å². The predicted octanol–water partition coefficient (Wildman–Crippen LogP) is 4.36. The highest BCUT2D eigenvalue weighted by Crippen LogP contribution is 2.32. The third-order valence-electron chi connectivity index (χ3n) is 3.73. The SMILES string of the molecule is CNC(=O)c1ccc(CN(C)C(=O)Nc2ccccc2SCC(F)(F)F)cc1. The number of thioether (sulfide) groups is 1. The molecule has 5 nitrogen and oxygen atoms in total. The van der Waals surface area contributed by atoms with Gasteiger partial charge in [-0.3, -0.25) is 4.79 Å². The highest BCUT2D eigenvalue weighted by molar-refractivity contribution is 7.99. The summed E-state index contributed by atoms with van der Waals surface area (Å²) in [4.78, 5) is 25.7. The van der Waals surface area contributed by atoms with Crippen LogP contribution in [0.2, 0.25) is 0 Å². The molecule has 0 aliphatic carbocycles. The van der Waals surface area contributed by atoms with Crippen molar-refractivity contribution in [3.8, 4) is 0 Å². The summed E-state index contributed by atoms with van der Waals surface area (Å²) < 4.78 is 37.4. The van der Waals surface area contributed by atoms with Crippen molar-refractivity contribution in [2.24, 2.45) is 0 Å². The molecule has 28 heavy (non-hydrogen) atoms. The molecule has 2 rings (SSSR count). The lowest BCUT2D eigenvalue weighted by Crippen LogP contribution is -2.31. The van der Waals surface area contributed by atoms with Gasteiger partial charge in [0.25, 0.3) is 5.91 Å². The zero-order valence-corrected chi connectivity index (χ0v) is 16.2. The van der Waals surface area contributed by atoms with Crippen LogP contribution < -0.4 is 10.6 Å². The fraction of sp³-hybridized carbons (Fsp3) is 0.263. The van der Waals surface area contributed by atoms with Crippen LogP contribution in [0.25, 0.3) is 0 Å². The molecule has 150 valence electrons. The molecule has 0 saturated carbocycles. The summed E-state index contributed by atoms with van der Waals surface area (Å²) in [6.45, 7) is 0.276. The van der Waals surface area contributed by atoms with Crippen LogP contribution in [0.15, 0.2) is 53.4 Å². The molecule has 0 aromatic heterocycles. The molecule has 0 radical (unpaired) electrons. The third kappa shape index (κ3) is 6.49. The molecule has 9 heteroatoms. The summed E-state index contributed by atoms with van der Waals surface area (Å²) in [6, 6.07) is 12.7. The van der Waals surface area contributed by atoms with Gasteiger partial charge in [-0.15, -0.1) is 11.8 Å². The van der Waals surface area contributed by atoms with E-state index in [-0.39, 0.29) is 12.5 Å². The van der Waals surface area contributed by atoms with Gasteiger partial charge in [0.15, 0.2) is 0 Å². The van der Waals surface area contributed by atoms with E-state index < -0.39 is 18.0 Å². The molecule has 0 aliphatic rings. The van der Waals surface area contributed by atoms with Gasteiger partial charge in [0.1, 0.15) is 0 Å². The van der Waals surface area contributed by atoms with E-state index in [1.807, 2.05) is 0 Å². The van der Waals surface area contributed by atoms with Gasteiger partial charge in [-0.05, 0) is 29.8 Å². The van der Waals surface area contributed by atoms with Crippen molar-refractivity contribution in [3.05, 3.63) is 59.7 Å². The van der Waals surface area contributed by atoms with Gasteiger partial charge in [-0.25, -0.2) is 4.79 Å². The minimum Gasteiger partial charge on any atom is -0.355 e. The van der Waals surface area contributed by atoms with Crippen molar-refractivity contribution < 1.29 is 22.8 Å². The number of anilines is 1. The Bertz CT molecular complexity index is 826. The summed E-state index contributed by atoms with van der Waals surface area (Å²) in [7, 11) is 3.12. The minimum absolute atomic E-state index is 0.203. The first-order chi connectivity index (χ1) is 13.2. The van der Waals surface area contributed by atoms with Crippen molar-refractivity contribution in [3.63, 3.8) is 0 Å². The molecule has 2 N–H and O–H groups in total. The van der Waals surface area contributed by atoms with Crippen molar-refractivity contribution in [1.82, 2.24) is 10.2 Å². The Labute approximate surface area is 165 Å². The molecule has 0 unspecified atom stereocenters. The lowest BCUT2D eigenvalue weighted by atomic mass is 10.1. The lowest BCUT2D eigenvalue weighted by molar-refractivity contribution is -0.105. The van der Waals surface area contributed by atoms with E-state index >= 15 is 0 Å². The largest absolute Gasteiger partial charge is 0.398 e. The highest BCUT2D eigenvalue weighted by Gasteiger charge is 2.27. The van der Waals surface area contributed by atoms with E-state index in [1.165, 1.54) is 11.0 Å². The maximum atomic E-state index is 12.5. The van der Waals surface area contributed by atoms with Gasteiger partial charge in [0.2, 0.25) is 0 Å². The van der Waals surface area contributed by atoms with Crippen molar-refractivity contribution in [1.29, 1.82) is 0 Å². The quantitative estimate of drug-likeness (QED) is 0.694. The molecule has 3 amide bonds. The lowest BCUT2D eigenvalue weighted by Gasteiger charge is -2.19. The Kier molecular flexibility index (Phi) is 7.33. The fourth-order valence-corrected chi connectivity index (χ4v) is 3.09. The van der Waals surface area contributed by atoms with Gasteiger partial charge in [-0.2, -0.15) is 13.2 Å². The Morgan fingerprint density at radius 3 is 2.32 bits per heavy atom. The Morgan fingerprint density at radius 1 is 1.07 bits per heavy atom. The van der Waals surface area contributed by atoms with Gasteiger partial charge >= 0.3 is 12.2 Å². The van der Waals surface area contributed by atoms with Crippen molar-refractivity contribution >= 4 is 29.4 Å². The van der Waals surface area contributed by atoms with E-state index in [0.717, 1.165) is 5.56 Å². The number of para-hydroxylation sites is 1. The molecule has 0 spiro atoms. The van der Waals surface area contributed by atoms with E-state index in [1.54, 1.807) is 56.6 Å². The number of alkyl halides is 3. The molecule has 0 atom stereocenters. The van der Waals surface area contributed by atoms with Crippen molar-refractivity contribution in [2.45, 2.75) is 17.6 Å². The average Bonchev–Trinajstić information content (AvgIpc) is 2.66. The second kappa shape index (κ2) is 9.50. The second-order valence-electron chi connectivity index (χ2n) is 5.96. The Morgan fingerprint density at radius 2 is 1.71 bits per heavy atom. The number of nitrogens with zero attached hydrogens (tertiary/aromatic N) is 1. The zero-order valence-electron chi connectivity index (χ0n) is 15.3. The number of rotatable bonds is 6. The number of nitrogens with one attached hydrogen (secondary N) is 2. The molecule has 0 aliphatic heterocycles. The molecule has 0 fully saturated rings. The maximum Gasteiger partial charge on any atom is 0.398 e. The fourth-order valence-electron chi connectivity index (χ4n) is 2.32. The van der Waals surface area contributed by atoms with Gasteiger partial charge in [0.05, 0.1) is 11.4 Å². The molecule has 2 aromatic carbocycles. The highest BCUT2D eigenvalue weighted by atomic mass is 32.2. The van der Waals surface area contributed by atoms with Gasteiger partial charge in [0, 0.05) is 31.1 Å². The van der Waals surface area contributed by atoms with E-state index in [2.05, 4.69) is 10.6 Å². The van der Waals surface area contributed by atoms with Crippen LogP contribution >= 0.6 is 11.8 Å². The standard InChI is InChI=1S/C19H20F3N3O2S/c1-23-17(26)14-9-7-13(8-10-14)11-25(2)18(27)24-15-5-3-4-6-16(15)28-12-19(20,21)22/h3-10H,11-12H2,1-2H3,(H,23,26)(H,24,27). The first-order valence-electron chi connectivity index (χ1n) is 8.31. The van der Waals surface area contributed by atoms with Crippen LogP contribution in [0.3, 0.4) is 0 Å². The topological polar surface area (TPSA) is 61.4 Å². The summed E-state index contributed by atoms with van der Waals surface area (Å²) in [5.74, 6) is -1.24. The molecule has 0 saturated heterocycles. The zero-order chi connectivity index (χ0) is 20.7. The van der Waals surface area contributed by atoms with Gasteiger partial charge < -0.3 is 15.5 Å². The van der Waals surface area contributed by atoms with Crippen LogP contribution in [0, 0.1) is 0 Å². The number of amides is 3. The molecular weight excluding hydrogens is 391 g/mol. The number of carbonyl (C=O) groups is 2. The average molecular weight is 411 g/mol. The predicted molar refractivity (Wildman–Crippen MR) is 104 cm³/mol. The van der Waals surface area contributed by atoms with Crippen LogP contribution in [0.5, 0.6) is 0 Å².